The van der Waals surface area contributed by atoms with Gasteiger partial charge in [0.25, 0.3) is 0 Å². The van der Waals surface area contributed by atoms with E-state index in [2.05, 4.69) is 5.32 Å². The molecule has 4 heteroatoms. The Labute approximate surface area is 56.4 Å². The third kappa shape index (κ3) is 3.14. The minimum atomic E-state index is -0.551. The number of carbonyl (C=O) groups excluding carboxylic acids is 1. The average Bonchev–Trinajstić information content (AvgIpc) is 1.87. The minimum Gasteiger partial charge on any atom is -0.355 e. The molecule has 0 fully saturated rings. The van der Waals surface area contributed by atoms with Crippen LogP contribution in [0.1, 0.15) is 6.92 Å². The molecule has 3 N–H and O–H groups in total. The molecule has 0 aliphatic heterocycles. The first-order valence-electron chi connectivity index (χ1n) is 2.95. The number of carbonyl (C=O) groups is 1. The maximum absolute atomic E-state index is 10.7. The highest BCUT2D eigenvalue weighted by Gasteiger charge is 2.07. The van der Waals surface area contributed by atoms with E-state index in [4.69, 9.17) is 13.6 Å². The smallest absolute Gasteiger partial charge is 0.236 e. The Kier molecular flexibility index (Phi) is 4.14. The van der Waals surface area contributed by atoms with E-state index in [0.29, 0.717) is 6.54 Å². The van der Waals surface area contributed by atoms with Gasteiger partial charge in [-0.3, -0.25) is 4.79 Å². The number of nitrogens with one attached hydrogen (secondary N) is 1. The molecule has 2 radical (unpaired) electrons. The molecule has 0 aliphatic rings. The average molecular weight is 126 g/mol. The quantitative estimate of drug-likeness (QED) is 0.478. The number of likely N-dealkylation sites (N-methyl/N-ethyl adjacent to an activating group) is 1. The molecule has 0 saturated heterocycles. The first-order valence-corrected chi connectivity index (χ1v) is 2.95. The maximum Gasteiger partial charge on any atom is 0.236 e. The van der Waals surface area contributed by atoms with Crippen molar-refractivity contribution in [2.75, 3.05) is 6.54 Å². The SMILES string of the molecule is [B]CC(N)C(=O)NCC. The number of hydrogen-bond donors (Lipinski definition) is 2. The lowest BCUT2D eigenvalue weighted by atomic mass is 9.97. The van der Waals surface area contributed by atoms with Gasteiger partial charge in [-0.2, -0.15) is 0 Å². The summed E-state index contributed by atoms with van der Waals surface area (Å²) in [5.74, 6) is -0.181. The van der Waals surface area contributed by atoms with E-state index in [-0.39, 0.29) is 12.2 Å². The van der Waals surface area contributed by atoms with Gasteiger partial charge in [-0.25, -0.2) is 0 Å². The molecule has 1 atom stereocenters. The molecular formula is C5H11BN2O. The van der Waals surface area contributed by atoms with Gasteiger partial charge in [0.05, 0.1) is 13.9 Å². The Balaban J connectivity index is 3.46. The first-order chi connectivity index (χ1) is 4.22. The highest BCUT2D eigenvalue weighted by atomic mass is 16.2. The number of nitrogens with two attached hydrogens (primary N) is 1. The Hall–Kier alpha value is -0.505. The summed E-state index contributed by atoms with van der Waals surface area (Å²) in [6, 6.07) is -0.551. The van der Waals surface area contributed by atoms with E-state index < -0.39 is 6.04 Å². The summed E-state index contributed by atoms with van der Waals surface area (Å²) in [5, 5.41) is 2.55. The van der Waals surface area contributed by atoms with Crippen LogP contribution in [-0.4, -0.2) is 26.3 Å². The van der Waals surface area contributed by atoms with Gasteiger partial charge in [-0.05, 0) is 6.92 Å². The summed E-state index contributed by atoms with van der Waals surface area (Å²) >= 11 is 0. The fourth-order valence-corrected chi connectivity index (χ4v) is 0.412. The molecular weight excluding hydrogens is 115 g/mol. The molecule has 0 bridgehead atoms. The molecule has 9 heavy (non-hydrogen) atoms. The zero-order valence-electron chi connectivity index (χ0n) is 5.55. The van der Waals surface area contributed by atoms with E-state index in [9.17, 15) is 4.79 Å². The van der Waals surface area contributed by atoms with Crippen LogP contribution in [0.25, 0.3) is 0 Å². The van der Waals surface area contributed by atoms with E-state index in [1.807, 2.05) is 6.92 Å². The third-order valence-electron chi connectivity index (χ3n) is 0.942. The van der Waals surface area contributed by atoms with E-state index in [1.54, 1.807) is 0 Å². The van der Waals surface area contributed by atoms with Crippen molar-refractivity contribution in [3.05, 3.63) is 0 Å². The van der Waals surface area contributed by atoms with Crippen molar-refractivity contribution >= 4 is 13.8 Å². The van der Waals surface area contributed by atoms with Crippen LogP contribution in [0.2, 0.25) is 6.32 Å². The van der Waals surface area contributed by atoms with Crippen molar-refractivity contribution in [1.29, 1.82) is 0 Å². The molecule has 1 unspecified atom stereocenters. The summed E-state index contributed by atoms with van der Waals surface area (Å²) in [4.78, 5) is 10.7. The van der Waals surface area contributed by atoms with E-state index in [1.165, 1.54) is 0 Å². The van der Waals surface area contributed by atoms with Crippen LogP contribution in [0.3, 0.4) is 0 Å². The van der Waals surface area contributed by atoms with Crippen molar-refractivity contribution in [3.63, 3.8) is 0 Å². The van der Waals surface area contributed by atoms with Crippen molar-refractivity contribution in [2.45, 2.75) is 19.3 Å². The van der Waals surface area contributed by atoms with Crippen molar-refractivity contribution in [3.8, 4) is 0 Å². The van der Waals surface area contributed by atoms with Crippen LogP contribution in [0.4, 0.5) is 0 Å². The Morgan fingerprint density at radius 1 is 1.89 bits per heavy atom. The zero-order chi connectivity index (χ0) is 7.28. The first kappa shape index (κ1) is 8.49. The fraction of sp³-hybridized carbons (Fsp3) is 0.800. The van der Waals surface area contributed by atoms with Gasteiger partial charge in [-0.1, -0.05) is 6.32 Å². The van der Waals surface area contributed by atoms with Crippen molar-refractivity contribution in [2.24, 2.45) is 5.73 Å². The summed E-state index contributed by atoms with van der Waals surface area (Å²) in [7, 11) is 5.12. The predicted octanol–water partition coefficient (Wildman–Crippen LogP) is -0.963. The predicted molar refractivity (Wildman–Crippen MR) is 37.2 cm³/mol. The molecule has 0 rings (SSSR count). The van der Waals surface area contributed by atoms with Crippen LogP contribution in [0.15, 0.2) is 0 Å². The summed E-state index contributed by atoms with van der Waals surface area (Å²) in [6.07, 6.45) is 0.200. The minimum absolute atomic E-state index is 0.181. The highest BCUT2D eigenvalue weighted by Crippen LogP contribution is 1.81. The maximum atomic E-state index is 10.7. The van der Waals surface area contributed by atoms with Gasteiger partial charge in [0.2, 0.25) is 5.91 Å². The largest absolute Gasteiger partial charge is 0.355 e. The lowest BCUT2D eigenvalue weighted by Gasteiger charge is -2.06. The van der Waals surface area contributed by atoms with Gasteiger partial charge in [0.1, 0.15) is 0 Å². The van der Waals surface area contributed by atoms with Crippen LogP contribution in [0.5, 0.6) is 0 Å². The van der Waals surface area contributed by atoms with Gasteiger partial charge < -0.3 is 11.1 Å². The van der Waals surface area contributed by atoms with Gasteiger partial charge >= 0.3 is 0 Å². The van der Waals surface area contributed by atoms with E-state index in [0.717, 1.165) is 0 Å². The summed E-state index contributed by atoms with van der Waals surface area (Å²) in [6.45, 7) is 2.44. The van der Waals surface area contributed by atoms with Gasteiger partial charge in [0, 0.05) is 6.54 Å². The van der Waals surface area contributed by atoms with Crippen molar-refractivity contribution in [1.82, 2.24) is 5.32 Å². The zero-order valence-corrected chi connectivity index (χ0v) is 5.55. The van der Waals surface area contributed by atoms with Crippen LogP contribution in [0, 0.1) is 0 Å². The molecule has 3 nitrogen and oxygen atoms in total. The third-order valence-corrected chi connectivity index (χ3v) is 0.942. The molecule has 0 aromatic heterocycles. The normalized spacial score (nSPS) is 12.7. The fourth-order valence-electron chi connectivity index (χ4n) is 0.412. The monoisotopic (exact) mass is 126 g/mol. The number of hydrogen-bond acceptors (Lipinski definition) is 2. The summed E-state index contributed by atoms with van der Waals surface area (Å²) < 4.78 is 0. The Morgan fingerprint density at radius 3 is 2.78 bits per heavy atom. The standard InChI is InChI=1S/C5H11BN2O/c1-2-8-5(9)4(7)3-6/h4H,2-3,7H2,1H3,(H,8,9). The van der Waals surface area contributed by atoms with Crippen molar-refractivity contribution < 1.29 is 4.79 Å². The molecule has 0 heterocycles. The van der Waals surface area contributed by atoms with Gasteiger partial charge in [-0.15, -0.1) is 0 Å². The topological polar surface area (TPSA) is 55.1 Å². The second-order valence-electron chi connectivity index (χ2n) is 1.74. The molecule has 0 aliphatic carbocycles. The lowest BCUT2D eigenvalue weighted by Crippen LogP contribution is -2.39. The molecule has 1 amide bonds. The molecule has 50 valence electrons. The Morgan fingerprint density at radius 2 is 2.44 bits per heavy atom. The Bertz CT molecular complexity index is 97.0. The number of rotatable bonds is 3. The molecule has 0 aromatic rings. The highest BCUT2D eigenvalue weighted by molar-refractivity contribution is 6.11. The van der Waals surface area contributed by atoms with Gasteiger partial charge in [0.15, 0.2) is 0 Å². The molecule has 0 saturated carbocycles. The van der Waals surface area contributed by atoms with Crippen LogP contribution < -0.4 is 11.1 Å². The van der Waals surface area contributed by atoms with Crippen LogP contribution in [-0.2, 0) is 4.79 Å². The molecule has 0 aromatic carbocycles. The van der Waals surface area contributed by atoms with Crippen LogP contribution >= 0.6 is 0 Å². The lowest BCUT2D eigenvalue weighted by molar-refractivity contribution is -0.121. The molecule has 0 spiro atoms. The number of amides is 1. The second-order valence-corrected chi connectivity index (χ2v) is 1.74. The van der Waals surface area contributed by atoms with E-state index >= 15 is 0 Å². The second kappa shape index (κ2) is 4.38. The summed E-state index contributed by atoms with van der Waals surface area (Å²) in [5.41, 5.74) is 5.27.